The summed E-state index contributed by atoms with van der Waals surface area (Å²) in [6, 6.07) is 6.81. The number of carbonyl (C=O) groups is 2. The monoisotopic (exact) mass is 236 g/mol. The lowest BCUT2D eigenvalue weighted by atomic mass is 10.00. The van der Waals surface area contributed by atoms with E-state index >= 15 is 0 Å². The van der Waals surface area contributed by atoms with E-state index in [2.05, 4.69) is 4.74 Å². The molecule has 1 rings (SSSR count). The molecule has 0 amide bonds. The van der Waals surface area contributed by atoms with E-state index in [0.29, 0.717) is 11.3 Å². The van der Waals surface area contributed by atoms with Crippen LogP contribution in [-0.2, 0) is 9.53 Å². The Kier molecular flexibility index (Phi) is 4.69. The van der Waals surface area contributed by atoms with E-state index in [1.165, 1.54) is 7.11 Å². The zero-order valence-corrected chi connectivity index (χ0v) is 10.2. The van der Waals surface area contributed by atoms with Gasteiger partial charge in [-0.1, -0.05) is 6.92 Å². The van der Waals surface area contributed by atoms with Crippen LogP contribution in [0.1, 0.15) is 23.7 Å². The maximum absolute atomic E-state index is 11.8. The average Bonchev–Trinajstić information content (AvgIpc) is 2.37. The second kappa shape index (κ2) is 6.03. The van der Waals surface area contributed by atoms with E-state index in [0.717, 1.165) is 0 Å². The van der Waals surface area contributed by atoms with E-state index in [1.54, 1.807) is 38.3 Å². The molecule has 0 spiro atoms. The fourth-order valence-electron chi connectivity index (χ4n) is 1.46. The lowest BCUT2D eigenvalue weighted by Crippen LogP contribution is -2.16. The number of methoxy groups -OCH3 is 2. The lowest BCUT2D eigenvalue weighted by Gasteiger charge is -2.08. The molecule has 4 heteroatoms. The van der Waals surface area contributed by atoms with Crippen molar-refractivity contribution in [1.82, 2.24) is 0 Å². The standard InChI is InChI=1S/C13H16O4/c1-9(13(15)17-3)8-12(14)10-4-6-11(16-2)7-5-10/h4-7,9H,8H2,1-3H3. The molecule has 92 valence electrons. The SMILES string of the molecule is COC(=O)C(C)CC(=O)c1ccc(OC)cc1. The highest BCUT2D eigenvalue weighted by Crippen LogP contribution is 2.15. The summed E-state index contributed by atoms with van der Waals surface area (Å²) < 4.78 is 9.57. The number of ether oxygens (including phenoxy) is 2. The Bertz CT molecular complexity index is 394. The van der Waals surface area contributed by atoms with E-state index in [1.807, 2.05) is 0 Å². The van der Waals surface area contributed by atoms with Crippen LogP contribution in [0.4, 0.5) is 0 Å². The molecule has 0 aliphatic rings. The molecule has 1 atom stereocenters. The number of rotatable bonds is 5. The zero-order chi connectivity index (χ0) is 12.8. The van der Waals surface area contributed by atoms with Crippen molar-refractivity contribution in [3.63, 3.8) is 0 Å². The highest BCUT2D eigenvalue weighted by Gasteiger charge is 2.18. The quantitative estimate of drug-likeness (QED) is 0.580. The van der Waals surface area contributed by atoms with Crippen LogP contribution in [0.25, 0.3) is 0 Å². The van der Waals surface area contributed by atoms with Crippen molar-refractivity contribution in [2.24, 2.45) is 5.92 Å². The summed E-state index contributed by atoms with van der Waals surface area (Å²) in [5.74, 6) is -0.172. The Morgan fingerprint density at radius 3 is 2.24 bits per heavy atom. The first-order valence-corrected chi connectivity index (χ1v) is 5.33. The number of carbonyl (C=O) groups excluding carboxylic acids is 2. The van der Waals surface area contributed by atoms with Gasteiger partial charge in [-0.25, -0.2) is 0 Å². The number of benzene rings is 1. The van der Waals surface area contributed by atoms with Crippen molar-refractivity contribution in [3.8, 4) is 5.75 Å². The van der Waals surface area contributed by atoms with Crippen LogP contribution in [0.3, 0.4) is 0 Å². The largest absolute Gasteiger partial charge is 0.497 e. The van der Waals surface area contributed by atoms with Crippen molar-refractivity contribution in [2.45, 2.75) is 13.3 Å². The number of esters is 1. The summed E-state index contributed by atoms with van der Waals surface area (Å²) in [4.78, 5) is 23.0. The van der Waals surface area contributed by atoms with Crippen LogP contribution in [0.2, 0.25) is 0 Å². The van der Waals surface area contributed by atoms with E-state index in [9.17, 15) is 9.59 Å². The molecule has 4 nitrogen and oxygen atoms in total. The Balaban J connectivity index is 2.66. The first kappa shape index (κ1) is 13.2. The van der Waals surface area contributed by atoms with Crippen LogP contribution >= 0.6 is 0 Å². The van der Waals surface area contributed by atoms with Crippen molar-refractivity contribution >= 4 is 11.8 Å². The van der Waals surface area contributed by atoms with Crippen molar-refractivity contribution < 1.29 is 19.1 Å². The van der Waals surface area contributed by atoms with Crippen LogP contribution in [-0.4, -0.2) is 26.0 Å². The molecule has 1 unspecified atom stereocenters. The first-order valence-electron chi connectivity index (χ1n) is 5.33. The van der Waals surface area contributed by atoms with Crippen LogP contribution in [0, 0.1) is 5.92 Å². The summed E-state index contributed by atoms with van der Waals surface area (Å²) in [6.45, 7) is 1.67. The Morgan fingerprint density at radius 1 is 1.18 bits per heavy atom. The molecule has 0 bridgehead atoms. The molecule has 0 saturated heterocycles. The molecular weight excluding hydrogens is 220 g/mol. The number of Topliss-reactive ketones (excluding diaryl/α,β-unsaturated/α-hetero) is 1. The number of ketones is 1. The lowest BCUT2D eigenvalue weighted by molar-refractivity contribution is -0.144. The molecule has 1 aromatic rings. The molecule has 1 aromatic carbocycles. The normalized spacial score (nSPS) is 11.7. The second-order valence-electron chi connectivity index (χ2n) is 3.78. The molecular formula is C13H16O4. The number of hydrogen-bond acceptors (Lipinski definition) is 4. The minimum absolute atomic E-state index is 0.0782. The van der Waals surface area contributed by atoms with Gasteiger partial charge in [0.05, 0.1) is 20.1 Å². The van der Waals surface area contributed by atoms with Gasteiger partial charge in [-0.05, 0) is 24.3 Å². The molecule has 0 heterocycles. The topological polar surface area (TPSA) is 52.6 Å². The van der Waals surface area contributed by atoms with Gasteiger partial charge in [0.2, 0.25) is 0 Å². The Hall–Kier alpha value is -1.84. The number of hydrogen-bond donors (Lipinski definition) is 0. The van der Waals surface area contributed by atoms with Gasteiger partial charge in [0.15, 0.2) is 5.78 Å². The van der Waals surface area contributed by atoms with E-state index in [4.69, 9.17) is 4.74 Å². The zero-order valence-electron chi connectivity index (χ0n) is 10.2. The maximum Gasteiger partial charge on any atom is 0.308 e. The molecule has 17 heavy (non-hydrogen) atoms. The molecule has 0 fully saturated rings. The van der Waals surface area contributed by atoms with Gasteiger partial charge in [-0.3, -0.25) is 9.59 Å². The predicted octanol–water partition coefficient (Wildman–Crippen LogP) is 2.08. The Labute approximate surface area is 101 Å². The van der Waals surface area contributed by atoms with Gasteiger partial charge < -0.3 is 9.47 Å². The fraction of sp³-hybridized carbons (Fsp3) is 0.385. The third-order valence-corrected chi connectivity index (χ3v) is 2.51. The average molecular weight is 236 g/mol. The summed E-state index contributed by atoms with van der Waals surface area (Å²) in [6.07, 6.45) is 0.152. The summed E-state index contributed by atoms with van der Waals surface area (Å²) >= 11 is 0. The highest BCUT2D eigenvalue weighted by atomic mass is 16.5. The summed E-state index contributed by atoms with van der Waals surface area (Å²) in [7, 11) is 2.88. The molecule has 0 saturated carbocycles. The van der Waals surface area contributed by atoms with Gasteiger partial charge >= 0.3 is 5.97 Å². The van der Waals surface area contributed by atoms with Gasteiger partial charge in [0.1, 0.15) is 5.75 Å². The maximum atomic E-state index is 11.8. The summed E-state index contributed by atoms with van der Waals surface area (Å²) in [5, 5.41) is 0. The van der Waals surface area contributed by atoms with Gasteiger partial charge in [-0.2, -0.15) is 0 Å². The summed E-state index contributed by atoms with van der Waals surface area (Å²) in [5.41, 5.74) is 0.571. The molecule has 0 N–H and O–H groups in total. The smallest absolute Gasteiger partial charge is 0.308 e. The van der Waals surface area contributed by atoms with Gasteiger partial charge in [0, 0.05) is 12.0 Å². The molecule has 0 aliphatic carbocycles. The molecule has 0 aromatic heterocycles. The second-order valence-corrected chi connectivity index (χ2v) is 3.78. The van der Waals surface area contributed by atoms with Crippen molar-refractivity contribution in [2.75, 3.05) is 14.2 Å². The minimum Gasteiger partial charge on any atom is -0.497 e. The Morgan fingerprint density at radius 2 is 1.76 bits per heavy atom. The van der Waals surface area contributed by atoms with Crippen LogP contribution in [0.15, 0.2) is 24.3 Å². The van der Waals surface area contributed by atoms with Crippen molar-refractivity contribution in [3.05, 3.63) is 29.8 Å². The third-order valence-electron chi connectivity index (χ3n) is 2.51. The minimum atomic E-state index is -0.422. The van der Waals surface area contributed by atoms with Crippen LogP contribution in [0.5, 0.6) is 5.75 Å². The first-order chi connectivity index (χ1) is 8.08. The highest BCUT2D eigenvalue weighted by molar-refractivity contribution is 5.98. The van der Waals surface area contributed by atoms with Gasteiger partial charge in [0.25, 0.3) is 0 Å². The van der Waals surface area contributed by atoms with E-state index < -0.39 is 5.92 Å². The van der Waals surface area contributed by atoms with Crippen LogP contribution < -0.4 is 4.74 Å². The fourth-order valence-corrected chi connectivity index (χ4v) is 1.46. The van der Waals surface area contributed by atoms with E-state index in [-0.39, 0.29) is 18.2 Å². The third kappa shape index (κ3) is 3.59. The predicted molar refractivity (Wildman–Crippen MR) is 63.1 cm³/mol. The molecule has 0 aliphatic heterocycles. The van der Waals surface area contributed by atoms with Gasteiger partial charge in [-0.15, -0.1) is 0 Å². The molecule has 0 radical (unpaired) electrons. The van der Waals surface area contributed by atoms with Crippen molar-refractivity contribution in [1.29, 1.82) is 0 Å².